The third kappa shape index (κ3) is 3.09. The van der Waals surface area contributed by atoms with Crippen molar-refractivity contribution in [3.05, 3.63) is 59.7 Å². The molecule has 4 nitrogen and oxygen atoms in total. The van der Waals surface area contributed by atoms with Gasteiger partial charge in [0, 0.05) is 6.04 Å². The van der Waals surface area contributed by atoms with Crippen molar-refractivity contribution in [2.24, 2.45) is 0 Å². The topological polar surface area (TPSA) is 64.3 Å². The number of methoxy groups -OCH3 is 1. The van der Waals surface area contributed by atoms with Gasteiger partial charge >= 0.3 is 5.97 Å². The zero-order valence-corrected chi connectivity index (χ0v) is 11.6. The number of carbonyl (C=O) groups is 1. The van der Waals surface area contributed by atoms with E-state index < -0.39 is 0 Å². The summed E-state index contributed by atoms with van der Waals surface area (Å²) in [6.07, 6.45) is 0. The maximum atomic E-state index is 11.5. The Hall–Kier alpha value is -2.49. The van der Waals surface area contributed by atoms with E-state index in [1.165, 1.54) is 7.11 Å². The van der Waals surface area contributed by atoms with Gasteiger partial charge in [0.05, 0.1) is 24.0 Å². The van der Waals surface area contributed by atoms with Gasteiger partial charge in [-0.3, -0.25) is 0 Å². The molecule has 0 aliphatic heterocycles. The minimum Gasteiger partial charge on any atom is -0.465 e. The Morgan fingerprint density at radius 1 is 1.20 bits per heavy atom. The lowest BCUT2D eigenvalue weighted by Crippen LogP contribution is -2.10. The molecular weight excluding hydrogens is 252 g/mol. The second-order valence-corrected chi connectivity index (χ2v) is 4.57. The van der Waals surface area contributed by atoms with Crippen LogP contribution in [0.25, 0.3) is 0 Å². The summed E-state index contributed by atoms with van der Waals surface area (Å²) in [7, 11) is 1.36. The van der Waals surface area contributed by atoms with Crippen molar-refractivity contribution in [2.75, 3.05) is 18.2 Å². The molecule has 0 radical (unpaired) electrons. The lowest BCUT2D eigenvalue weighted by atomic mass is 10.1. The Labute approximate surface area is 118 Å². The van der Waals surface area contributed by atoms with Crippen LogP contribution in [0.2, 0.25) is 0 Å². The molecule has 20 heavy (non-hydrogen) atoms. The Balaban J connectivity index is 2.22. The summed E-state index contributed by atoms with van der Waals surface area (Å²) < 4.78 is 4.71. The monoisotopic (exact) mass is 270 g/mol. The molecule has 2 aromatic carbocycles. The average Bonchev–Trinajstić information content (AvgIpc) is 2.49. The summed E-state index contributed by atoms with van der Waals surface area (Å²) in [6.45, 7) is 2.04. The van der Waals surface area contributed by atoms with Crippen LogP contribution in [0.1, 0.15) is 28.9 Å². The first-order valence-electron chi connectivity index (χ1n) is 6.41. The highest BCUT2D eigenvalue weighted by atomic mass is 16.5. The summed E-state index contributed by atoms with van der Waals surface area (Å²) in [5.41, 5.74) is 8.89. The SMILES string of the molecule is COC(=O)c1ccc(N)c(NC(C)c2ccccc2)c1. The lowest BCUT2D eigenvalue weighted by molar-refractivity contribution is 0.0601. The van der Waals surface area contributed by atoms with Gasteiger partial charge in [-0.05, 0) is 30.7 Å². The summed E-state index contributed by atoms with van der Waals surface area (Å²) in [5.74, 6) is -0.375. The zero-order chi connectivity index (χ0) is 14.5. The predicted octanol–water partition coefficient (Wildman–Crippen LogP) is 3.23. The smallest absolute Gasteiger partial charge is 0.337 e. The fraction of sp³-hybridized carbons (Fsp3) is 0.188. The molecule has 104 valence electrons. The molecule has 0 spiro atoms. The molecule has 0 amide bonds. The number of hydrogen-bond donors (Lipinski definition) is 2. The number of nitrogens with two attached hydrogens (primary N) is 1. The van der Waals surface area contributed by atoms with E-state index >= 15 is 0 Å². The quantitative estimate of drug-likeness (QED) is 0.661. The molecule has 1 unspecified atom stereocenters. The molecule has 0 aromatic heterocycles. The van der Waals surface area contributed by atoms with Gasteiger partial charge in [-0.15, -0.1) is 0 Å². The Morgan fingerprint density at radius 2 is 1.90 bits per heavy atom. The van der Waals surface area contributed by atoms with E-state index in [1.807, 2.05) is 37.3 Å². The highest BCUT2D eigenvalue weighted by Crippen LogP contribution is 2.25. The first kappa shape index (κ1) is 13.9. The fourth-order valence-corrected chi connectivity index (χ4v) is 1.98. The van der Waals surface area contributed by atoms with Crippen LogP contribution < -0.4 is 11.1 Å². The van der Waals surface area contributed by atoms with Crippen molar-refractivity contribution in [1.29, 1.82) is 0 Å². The minimum absolute atomic E-state index is 0.0893. The molecular formula is C16H18N2O2. The van der Waals surface area contributed by atoms with Crippen molar-refractivity contribution < 1.29 is 9.53 Å². The highest BCUT2D eigenvalue weighted by molar-refractivity contribution is 5.92. The zero-order valence-electron chi connectivity index (χ0n) is 11.6. The number of nitrogens with one attached hydrogen (secondary N) is 1. The van der Waals surface area contributed by atoms with Crippen molar-refractivity contribution >= 4 is 17.3 Å². The van der Waals surface area contributed by atoms with E-state index in [9.17, 15) is 4.79 Å². The number of hydrogen-bond acceptors (Lipinski definition) is 4. The number of carbonyl (C=O) groups excluding carboxylic acids is 1. The van der Waals surface area contributed by atoms with Crippen LogP contribution in [0.4, 0.5) is 11.4 Å². The summed E-state index contributed by atoms with van der Waals surface area (Å²) in [5, 5.41) is 3.31. The van der Waals surface area contributed by atoms with Gasteiger partial charge in [-0.1, -0.05) is 30.3 Å². The largest absolute Gasteiger partial charge is 0.465 e. The molecule has 2 aromatic rings. The normalized spacial score (nSPS) is 11.7. The van der Waals surface area contributed by atoms with E-state index in [2.05, 4.69) is 5.32 Å². The van der Waals surface area contributed by atoms with Crippen LogP contribution in [0.15, 0.2) is 48.5 Å². The predicted molar refractivity (Wildman–Crippen MR) is 80.7 cm³/mol. The van der Waals surface area contributed by atoms with Gasteiger partial charge in [0.25, 0.3) is 0 Å². The average molecular weight is 270 g/mol. The van der Waals surface area contributed by atoms with Crippen molar-refractivity contribution in [3.63, 3.8) is 0 Å². The van der Waals surface area contributed by atoms with Crippen LogP contribution in [0.3, 0.4) is 0 Å². The lowest BCUT2D eigenvalue weighted by Gasteiger charge is -2.17. The molecule has 0 bridgehead atoms. The highest BCUT2D eigenvalue weighted by Gasteiger charge is 2.11. The van der Waals surface area contributed by atoms with Crippen molar-refractivity contribution in [2.45, 2.75) is 13.0 Å². The van der Waals surface area contributed by atoms with Gasteiger partial charge in [-0.2, -0.15) is 0 Å². The number of esters is 1. The first-order valence-corrected chi connectivity index (χ1v) is 6.41. The van der Waals surface area contributed by atoms with Crippen LogP contribution >= 0.6 is 0 Å². The summed E-state index contributed by atoms with van der Waals surface area (Å²) in [4.78, 5) is 11.5. The number of nitrogen functional groups attached to an aromatic ring is 1. The third-order valence-electron chi connectivity index (χ3n) is 3.15. The maximum absolute atomic E-state index is 11.5. The molecule has 2 rings (SSSR count). The summed E-state index contributed by atoms with van der Waals surface area (Å²) in [6, 6.07) is 15.2. The van der Waals surface area contributed by atoms with Crippen LogP contribution in [0.5, 0.6) is 0 Å². The Morgan fingerprint density at radius 3 is 2.55 bits per heavy atom. The van der Waals surface area contributed by atoms with Crippen molar-refractivity contribution in [1.82, 2.24) is 0 Å². The Kier molecular flexibility index (Phi) is 4.25. The molecule has 0 aliphatic rings. The Bertz CT molecular complexity index is 597. The standard InChI is InChI=1S/C16H18N2O2/c1-11(12-6-4-3-5-7-12)18-15-10-13(16(19)20-2)8-9-14(15)17/h3-11,18H,17H2,1-2H3. The second kappa shape index (κ2) is 6.10. The number of anilines is 2. The number of benzene rings is 2. The second-order valence-electron chi connectivity index (χ2n) is 4.57. The molecule has 0 aliphatic carbocycles. The molecule has 0 saturated heterocycles. The van der Waals surface area contributed by atoms with Crippen LogP contribution in [-0.2, 0) is 4.74 Å². The molecule has 0 saturated carbocycles. The fourth-order valence-electron chi connectivity index (χ4n) is 1.98. The van der Waals surface area contributed by atoms with E-state index in [-0.39, 0.29) is 12.0 Å². The van der Waals surface area contributed by atoms with Gasteiger partial charge in [0.15, 0.2) is 0 Å². The van der Waals surface area contributed by atoms with E-state index in [0.717, 1.165) is 11.3 Å². The van der Waals surface area contributed by atoms with Crippen molar-refractivity contribution in [3.8, 4) is 0 Å². The van der Waals surface area contributed by atoms with E-state index in [1.54, 1.807) is 18.2 Å². The first-order chi connectivity index (χ1) is 9.61. The van der Waals surface area contributed by atoms with Gasteiger partial charge in [0.2, 0.25) is 0 Å². The molecule has 0 heterocycles. The molecule has 3 N–H and O–H groups in total. The molecule has 4 heteroatoms. The number of rotatable bonds is 4. The molecule has 1 atom stereocenters. The third-order valence-corrected chi connectivity index (χ3v) is 3.15. The maximum Gasteiger partial charge on any atom is 0.337 e. The van der Waals surface area contributed by atoms with E-state index in [4.69, 9.17) is 10.5 Å². The van der Waals surface area contributed by atoms with Gasteiger partial charge in [-0.25, -0.2) is 4.79 Å². The van der Waals surface area contributed by atoms with Crippen LogP contribution in [0, 0.1) is 0 Å². The van der Waals surface area contributed by atoms with Crippen LogP contribution in [-0.4, -0.2) is 13.1 Å². The van der Waals surface area contributed by atoms with Gasteiger partial charge in [0.1, 0.15) is 0 Å². The van der Waals surface area contributed by atoms with E-state index in [0.29, 0.717) is 11.3 Å². The number of ether oxygens (including phenoxy) is 1. The minimum atomic E-state index is -0.375. The molecule has 0 fully saturated rings. The summed E-state index contributed by atoms with van der Waals surface area (Å²) >= 11 is 0. The van der Waals surface area contributed by atoms with Gasteiger partial charge < -0.3 is 15.8 Å².